The summed E-state index contributed by atoms with van der Waals surface area (Å²) in [5.74, 6) is 0.122. The van der Waals surface area contributed by atoms with Crippen LogP contribution >= 0.6 is 11.6 Å². The van der Waals surface area contributed by atoms with Crippen molar-refractivity contribution in [2.75, 3.05) is 6.54 Å². The first-order valence-electron chi connectivity index (χ1n) is 7.16. The molecule has 1 aromatic rings. The van der Waals surface area contributed by atoms with Crippen molar-refractivity contribution in [3.8, 4) is 6.07 Å². The van der Waals surface area contributed by atoms with Gasteiger partial charge in [0.05, 0.1) is 12.6 Å². The summed E-state index contributed by atoms with van der Waals surface area (Å²) in [7, 11) is 0. The maximum atomic E-state index is 12.0. The van der Waals surface area contributed by atoms with Crippen LogP contribution in [-0.2, 0) is 4.79 Å². The molecule has 5 heteroatoms. The fourth-order valence-corrected chi connectivity index (χ4v) is 2.70. The Kier molecular flexibility index (Phi) is 4.87. The van der Waals surface area contributed by atoms with Crippen molar-refractivity contribution in [3.05, 3.63) is 34.9 Å². The summed E-state index contributed by atoms with van der Waals surface area (Å²) < 4.78 is 0. The third-order valence-corrected chi connectivity index (χ3v) is 4.31. The van der Waals surface area contributed by atoms with Crippen molar-refractivity contribution < 1.29 is 4.79 Å². The Morgan fingerprint density at radius 1 is 1.52 bits per heavy atom. The van der Waals surface area contributed by atoms with E-state index in [4.69, 9.17) is 11.6 Å². The summed E-state index contributed by atoms with van der Waals surface area (Å²) in [5.41, 5.74) is 0.212. The van der Waals surface area contributed by atoms with Crippen LogP contribution < -0.4 is 10.6 Å². The zero-order chi connectivity index (χ0) is 15.5. The lowest BCUT2D eigenvalue weighted by Gasteiger charge is -2.23. The second kappa shape index (κ2) is 6.46. The molecule has 1 amide bonds. The first-order chi connectivity index (χ1) is 9.96. The number of amides is 1. The Balaban J connectivity index is 1.87. The first-order valence-corrected chi connectivity index (χ1v) is 7.54. The second-order valence-corrected chi connectivity index (χ2v) is 6.17. The average Bonchev–Trinajstić information content (AvgIpc) is 3.30. The van der Waals surface area contributed by atoms with Crippen LogP contribution in [0, 0.1) is 17.2 Å². The minimum Gasteiger partial charge on any atom is -0.337 e. The molecule has 2 N–H and O–H groups in total. The fourth-order valence-electron chi connectivity index (χ4n) is 2.40. The van der Waals surface area contributed by atoms with Crippen molar-refractivity contribution in [2.24, 2.45) is 5.92 Å². The van der Waals surface area contributed by atoms with Crippen molar-refractivity contribution in [1.29, 1.82) is 5.26 Å². The number of halogens is 1. The summed E-state index contributed by atoms with van der Waals surface area (Å²) in [5, 5.41) is 15.9. The summed E-state index contributed by atoms with van der Waals surface area (Å²) in [6, 6.07) is 9.74. The molecule has 1 aromatic carbocycles. The molecule has 0 bridgehead atoms. The molecule has 1 saturated carbocycles. The Labute approximate surface area is 130 Å². The van der Waals surface area contributed by atoms with Gasteiger partial charge in [0.15, 0.2) is 0 Å². The van der Waals surface area contributed by atoms with Gasteiger partial charge in [-0.15, -0.1) is 0 Å². The van der Waals surface area contributed by atoms with E-state index in [9.17, 15) is 10.1 Å². The zero-order valence-electron chi connectivity index (χ0n) is 12.3. The van der Waals surface area contributed by atoms with Gasteiger partial charge in [-0.3, -0.25) is 4.79 Å². The van der Waals surface area contributed by atoms with E-state index in [-0.39, 0.29) is 24.4 Å². The molecular formula is C16H20ClN3O. The molecule has 2 rings (SSSR count). The SMILES string of the molecule is C[C@H](NCC(=O)N[C@@](C)(C#N)C1CC1)c1ccccc1Cl. The Morgan fingerprint density at radius 3 is 2.76 bits per heavy atom. The largest absolute Gasteiger partial charge is 0.337 e. The molecule has 1 aliphatic rings. The van der Waals surface area contributed by atoms with Gasteiger partial charge in [0.25, 0.3) is 0 Å². The predicted molar refractivity (Wildman–Crippen MR) is 82.8 cm³/mol. The Morgan fingerprint density at radius 2 is 2.19 bits per heavy atom. The molecular weight excluding hydrogens is 286 g/mol. The highest BCUT2D eigenvalue weighted by Gasteiger charge is 2.42. The lowest BCUT2D eigenvalue weighted by Crippen LogP contribution is -2.49. The highest BCUT2D eigenvalue weighted by molar-refractivity contribution is 6.31. The van der Waals surface area contributed by atoms with E-state index in [1.54, 1.807) is 6.92 Å². The maximum absolute atomic E-state index is 12.0. The Bertz CT molecular complexity index is 565. The van der Waals surface area contributed by atoms with E-state index in [1.165, 1.54) is 0 Å². The van der Waals surface area contributed by atoms with Crippen molar-refractivity contribution >= 4 is 17.5 Å². The minimum absolute atomic E-state index is 0.0290. The molecule has 4 nitrogen and oxygen atoms in total. The van der Waals surface area contributed by atoms with E-state index in [0.717, 1.165) is 18.4 Å². The van der Waals surface area contributed by atoms with Crippen LogP contribution in [0.1, 0.15) is 38.3 Å². The van der Waals surface area contributed by atoms with Gasteiger partial charge in [-0.05, 0) is 44.2 Å². The Hall–Kier alpha value is -1.57. The van der Waals surface area contributed by atoms with E-state index >= 15 is 0 Å². The number of benzene rings is 1. The highest BCUT2D eigenvalue weighted by atomic mass is 35.5. The zero-order valence-corrected chi connectivity index (χ0v) is 13.1. The van der Waals surface area contributed by atoms with E-state index in [2.05, 4.69) is 16.7 Å². The van der Waals surface area contributed by atoms with Crippen molar-refractivity contribution in [3.63, 3.8) is 0 Å². The molecule has 112 valence electrons. The molecule has 0 aliphatic heterocycles. The van der Waals surface area contributed by atoms with E-state index < -0.39 is 5.54 Å². The fraction of sp³-hybridized carbons (Fsp3) is 0.500. The highest BCUT2D eigenvalue weighted by Crippen LogP contribution is 2.39. The van der Waals surface area contributed by atoms with Gasteiger partial charge in [0.1, 0.15) is 5.54 Å². The summed E-state index contributed by atoms with van der Waals surface area (Å²) in [6.45, 7) is 3.91. The van der Waals surface area contributed by atoms with Gasteiger partial charge in [0.2, 0.25) is 5.91 Å². The normalized spacial score (nSPS) is 18.4. The predicted octanol–water partition coefficient (Wildman–Crippen LogP) is 2.80. The number of nitrogens with one attached hydrogen (secondary N) is 2. The van der Waals surface area contributed by atoms with Crippen LogP contribution in [0.2, 0.25) is 5.02 Å². The van der Waals surface area contributed by atoms with Gasteiger partial charge in [-0.25, -0.2) is 0 Å². The molecule has 2 atom stereocenters. The van der Waals surface area contributed by atoms with Crippen LogP contribution in [0.4, 0.5) is 0 Å². The van der Waals surface area contributed by atoms with Gasteiger partial charge in [0, 0.05) is 11.1 Å². The third kappa shape index (κ3) is 3.96. The molecule has 21 heavy (non-hydrogen) atoms. The van der Waals surface area contributed by atoms with Gasteiger partial charge in [-0.2, -0.15) is 5.26 Å². The monoisotopic (exact) mass is 305 g/mol. The standard InChI is InChI=1S/C16H20ClN3O/c1-11(13-5-3-4-6-14(13)17)19-9-15(21)20-16(2,10-18)12-7-8-12/h3-6,11-12,19H,7-9H2,1-2H3,(H,20,21)/t11-,16-/m0/s1. The van der Waals surface area contributed by atoms with Crippen LogP contribution in [-0.4, -0.2) is 18.0 Å². The molecule has 0 spiro atoms. The number of carbonyl (C=O) groups is 1. The molecule has 0 unspecified atom stereocenters. The number of rotatable bonds is 6. The second-order valence-electron chi connectivity index (χ2n) is 5.76. The first kappa shape index (κ1) is 15.8. The number of hydrogen-bond acceptors (Lipinski definition) is 3. The van der Waals surface area contributed by atoms with E-state index in [1.807, 2.05) is 31.2 Å². The molecule has 0 saturated heterocycles. The quantitative estimate of drug-likeness (QED) is 0.849. The van der Waals surface area contributed by atoms with Gasteiger partial charge >= 0.3 is 0 Å². The molecule has 1 fully saturated rings. The smallest absolute Gasteiger partial charge is 0.235 e. The van der Waals surface area contributed by atoms with Gasteiger partial charge in [-0.1, -0.05) is 29.8 Å². The third-order valence-electron chi connectivity index (χ3n) is 3.97. The average molecular weight is 306 g/mol. The maximum Gasteiger partial charge on any atom is 0.235 e. The van der Waals surface area contributed by atoms with Crippen LogP contribution in [0.3, 0.4) is 0 Å². The minimum atomic E-state index is -0.744. The molecule has 0 aromatic heterocycles. The topological polar surface area (TPSA) is 64.9 Å². The van der Waals surface area contributed by atoms with Crippen LogP contribution in [0.5, 0.6) is 0 Å². The number of hydrogen-bond donors (Lipinski definition) is 2. The van der Waals surface area contributed by atoms with Crippen molar-refractivity contribution in [2.45, 2.75) is 38.3 Å². The van der Waals surface area contributed by atoms with Crippen LogP contribution in [0.25, 0.3) is 0 Å². The van der Waals surface area contributed by atoms with Gasteiger partial charge < -0.3 is 10.6 Å². The number of nitriles is 1. The van der Waals surface area contributed by atoms with E-state index in [0.29, 0.717) is 5.02 Å². The van der Waals surface area contributed by atoms with Crippen molar-refractivity contribution in [1.82, 2.24) is 10.6 Å². The lowest BCUT2D eigenvalue weighted by atomic mass is 9.98. The number of nitrogens with zero attached hydrogens (tertiary/aromatic N) is 1. The lowest BCUT2D eigenvalue weighted by molar-refractivity contribution is -0.121. The summed E-state index contributed by atoms with van der Waals surface area (Å²) >= 11 is 6.13. The molecule has 0 radical (unpaired) electrons. The molecule has 1 aliphatic carbocycles. The summed E-state index contributed by atoms with van der Waals surface area (Å²) in [6.07, 6.45) is 2.02. The molecule has 0 heterocycles. The summed E-state index contributed by atoms with van der Waals surface area (Å²) in [4.78, 5) is 12.0. The van der Waals surface area contributed by atoms with Crippen LogP contribution in [0.15, 0.2) is 24.3 Å². The number of carbonyl (C=O) groups excluding carboxylic acids is 1.